The molecule has 22 heavy (non-hydrogen) atoms. The Labute approximate surface area is 132 Å². The second-order valence-corrected chi connectivity index (χ2v) is 6.07. The number of hydrogen-bond acceptors (Lipinski definition) is 4. The lowest BCUT2D eigenvalue weighted by Crippen LogP contribution is -2.06. The molecule has 0 radical (unpaired) electrons. The van der Waals surface area contributed by atoms with Crippen LogP contribution in [0.25, 0.3) is 20.8 Å². The zero-order valence-corrected chi connectivity index (χ0v) is 13.5. The third kappa shape index (κ3) is 2.67. The average molecular weight is 312 g/mol. The van der Waals surface area contributed by atoms with Gasteiger partial charge >= 0.3 is 0 Å². The largest absolute Gasteiger partial charge is 0.494 e. The van der Waals surface area contributed by atoms with Crippen molar-refractivity contribution in [1.82, 2.24) is 4.98 Å². The molecule has 0 saturated carbocycles. The van der Waals surface area contributed by atoms with Crippen molar-refractivity contribution in [2.45, 2.75) is 13.8 Å². The van der Waals surface area contributed by atoms with Gasteiger partial charge in [0.1, 0.15) is 16.3 Å². The number of hydrogen-bond donors (Lipinski definition) is 1. The molecule has 0 saturated heterocycles. The number of para-hydroxylation sites is 1. The maximum Gasteiger partial charge on any atom is 0.221 e. The Kier molecular flexibility index (Phi) is 3.81. The Morgan fingerprint density at radius 2 is 2.09 bits per heavy atom. The SMILES string of the molecule is COc1cccc2sc(-c3ccc(NC(C)=O)c(C)c3)nc12. The summed E-state index contributed by atoms with van der Waals surface area (Å²) in [4.78, 5) is 15.9. The topological polar surface area (TPSA) is 51.2 Å². The minimum atomic E-state index is -0.0689. The number of nitrogens with one attached hydrogen (secondary N) is 1. The molecule has 1 aromatic heterocycles. The molecule has 1 N–H and O–H groups in total. The number of benzene rings is 2. The van der Waals surface area contributed by atoms with E-state index in [1.807, 2.05) is 43.3 Å². The average Bonchev–Trinajstić information content (AvgIpc) is 2.92. The van der Waals surface area contributed by atoms with Crippen LogP contribution >= 0.6 is 11.3 Å². The van der Waals surface area contributed by atoms with E-state index in [0.29, 0.717) is 0 Å². The number of methoxy groups -OCH3 is 1. The van der Waals surface area contributed by atoms with Crippen LogP contribution in [0.5, 0.6) is 5.75 Å². The minimum Gasteiger partial charge on any atom is -0.494 e. The molecule has 2 aromatic carbocycles. The van der Waals surface area contributed by atoms with Crippen LogP contribution in [0.2, 0.25) is 0 Å². The number of rotatable bonds is 3. The first-order valence-electron chi connectivity index (χ1n) is 6.90. The molecule has 3 rings (SSSR count). The highest BCUT2D eigenvalue weighted by molar-refractivity contribution is 7.21. The van der Waals surface area contributed by atoms with Crippen LogP contribution in [0, 0.1) is 6.92 Å². The number of carbonyl (C=O) groups excluding carboxylic acids is 1. The van der Waals surface area contributed by atoms with Gasteiger partial charge in [0.25, 0.3) is 0 Å². The fourth-order valence-electron chi connectivity index (χ4n) is 2.34. The quantitative estimate of drug-likeness (QED) is 0.787. The van der Waals surface area contributed by atoms with Gasteiger partial charge in [-0.05, 0) is 42.8 Å². The van der Waals surface area contributed by atoms with Gasteiger partial charge in [-0.3, -0.25) is 4.79 Å². The van der Waals surface area contributed by atoms with Crippen molar-refractivity contribution < 1.29 is 9.53 Å². The molecule has 0 aliphatic rings. The molecule has 0 atom stereocenters. The summed E-state index contributed by atoms with van der Waals surface area (Å²) in [5.41, 5.74) is 3.76. The lowest BCUT2D eigenvalue weighted by molar-refractivity contribution is -0.114. The molecule has 1 heterocycles. The first-order valence-corrected chi connectivity index (χ1v) is 7.72. The van der Waals surface area contributed by atoms with Gasteiger partial charge in [-0.1, -0.05) is 6.07 Å². The Bertz CT molecular complexity index is 855. The van der Waals surface area contributed by atoms with Crippen LogP contribution in [0.1, 0.15) is 12.5 Å². The van der Waals surface area contributed by atoms with Crippen molar-refractivity contribution in [3.05, 3.63) is 42.0 Å². The van der Waals surface area contributed by atoms with Crippen molar-refractivity contribution in [3.63, 3.8) is 0 Å². The van der Waals surface area contributed by atoms with E-state index < -0.39 is 0 Å². The molecule has 0 spiro atoms. The second kappa shape index (κ2) is 5.77. The zero-order chi connectivity index (χ0) is 15.7. The second-order valence-electron chi connectivity index (χ2n) is 5.04. The van der Waals surface area contributed by atoms with Gasteiger partial charge in [-0.15, -0.1) is 11.3 Å². The van der Waals surface area contributed by atoms with Gasteiger partial charge in [-0.2, -0.15) is 0 Å². The van der Waals surface area contributed by atoms with E-state index >= 15 is 0 Å². The molecule has 1 amide bonds. The molecule has 0 fully saturated rings. The fraction of sp³-hybridized carbons (Fsp3) is 0.176. The van der Waals surface area contributed by atoms with Gasteiger partial charge < -0.3 is 10.1 Å². The molecule has 3 aromatic rings. The van der Waals surface area contributed by atoms with E-state index in [2.05, 4.69) is 5.32 Å². The van der Waals surface area contributed by atoms with Gasteiger partial charge in [0.15, 0.2) is 0 Å². The number of carbonyl (C=O) groups is 1. The summed E-state index contributed by atoms with van der Waals surface area (Å²) in [7, 11) is 1.65. The van der Waals surface area contributed by atoms with Crippen LogP contribution < -0.4 is 10.1 Å². The number of thiazole rings is 1. The number of fused-ring (bicyclic) bond motifs is 1. The third-order valence-electron chi connectivity index (χ3n) is 3.39. The number of aryl methyl sites for hydroxylation is 1. The molecule has 4 nitrogen and oxygen atoms in total. The number of aromatic nitrogens is 1. The van der Waals surface area contributed by atoms with Crippen molar-refractivity contribution >= 4 is 33.1 Å². The lowest BCUT2D eigenvalue weighted by Gasteiger charge is -2.07. The minimum absolute atomic E-state index is 0.0689. The summed E-state index contributed by atoms with van der Waals surface area (Å²) in [5, 5.41) is 3.76. The number of ether oxygens (including phenoxy) is 1. The fourth-order valence-corrected chi connectivity index (χ4v) is 3.32. The van der Waals surface area contributed by atoms with Crippen LogP contribution in [-0.4, -0.2) is 18.0 Å². The van der Waals surface area contributed by atoms with Crippen LogP contribution in [0.4, 0.5) is 5.69 Å². The third-order valence-corrected chi connectivity index (χ3v) is 4.46. The Morgan fingerprint density at radius 1 is 1.27 bits per heavy atom. The number of anilines is 1. The first kappa shape index (κ1) is 14.5. The number of amides is 1. The molecule has 0 unspecified atom stereocenters. The predicted molar refractivity (Wildman–Crippen MR) is 90.6 cm³/mol. The molecule has 112 valence electrons. The summed E-state index contributed by atoms with van der Waals surface area (Å²) < 4.78 is 6.46. The van der Waals surface area contributed by atoms with E-state index in [9.17, 15) is 4.79 Å². The predicted octanol–water partition coefficient (Wildman–Crippen LogP) is 4.24. The molecule has 0 bridgehead atoms. The summed E-state index contributed by atoms with van der Waals surface area (Å²) in [6, 6.07) is 11.8. The first-order chi connectivity index (χ1) is 10.6. The van der Waals surface area contributed by atoms with Crippen molar-refractivity contribution in [2.75, 3.05) is 12.4 Å². The van der Waals surface area contributed by atoms with Crippen LogP contribution in [-0.2, 0) is 4.79 Å². The summed E-state index contributed by atoms with van der Waals surface area (Å²) in [6.07, 6.45) is 0. The van der Waals surface area contributed by atoms with Gasteiger partial charge in [0.2, 0.25) is 5.91 Å². The van der Waals surface area contributed by atoms with E-state index in [-0.39, 0.29) is 5.91 Å². The maximum atomic E-state index is 11.2. The molecular weight excluding hydrogens is 296 g/mol. The normalized spacial score (nSPS) is 10.7. The van der Waals surface area contributed by atoms with Crippen LogP contribution in [0.3, 0.4) is 0 Å². The van der Waals surface area contributed by atoms with Crippen molar-refractivity contribution in [2.24, 2.45) is 0 Å². The van der Waals surface area contributed by atoms with Crippen molar-refractivity contribution in [3.8, 4) is 16.3 Å². The van der Waals surface area contributed by atoms with E-state index in [1.54, 1.807) is 18.4 Å². The standard InChI is InChI=1S/C17H16N2O2S/c1-10-9-12(7-8-13(10)18-11(2)20)17-19-16-14(21-3)5-4-6-15(16)22-17/h4-9H,1-3H3,(H,18,20). The molecule has 0 aliphatic heterocycles. The van der Waals surface area contributed by atoms with Crippen LogP contribution in [0.15, 0.2) is 36.4 Å². The Balaban J connectivity index is 2.04. The van der Waals surface area contributed by atoms with E-state index in [0.717, 1.165) is 37.8 Å². The summed E-state index contributed by atoms with van der Waals surface area (Å²) in [6.45, 7) is 3.48. The monoisotopic (exact) mass is 312 g/mol. The number of nitrogens with zero attached hydrogens (tertiary/aromatic N) is 1. The highest BCUT2D eigenvalue weighted by Crippen LogP contribution is 2.35. The smallest absolute Gasteiger partial charge is 0.221 e. The molecule has 0 aliphatic carbocycles. The Morgan fingerprint density at radius 3 is 2.77 bits per heavy atom. The highest BCUT2D eigenvalue weighted by Gasteiger charge is 2.11. The van der Waals surface area contributed by atoms with Crippen molar-refractivity contribution in [1.29, 1.82) is 0 Å². The van der Waals surface area contributed by atoms with Gasteiger partial charge in [0.05, 0.1) is 11.8 Å². The highest BCUT2D eigenvalue weighted by atomic mass is 32.1. The zero-order valence-electron chi connectivity index (χ0n) is 12.6. The summed E-state index contributed by atoms with van der Waals surface area (Å²) >= 11 is 1.63. The summed E-state index contributed by atoms with van der Waals surface area (Å²) in [5.74, 6) is 0.715. The van der Waals surface area contributed by atoms with E-state index in [4.69, 9.17) is 9.72 Å². The lowest BCUT2D eigenvalue weighted by atomic mass is 10.1. The molecular formula is C17H16N2O2S. The maximum absolute atomic E-state index is 11.2. The Hall–Kier alpha value is -2.40. The van der Waals surface area contributed by atoms with Gasteiger partial charge in [0, 0.05) is 18.2 Å². The molecule has 5 heteroatoms. The van der Waals surface area contributed by atoms with Gasteiger partial charge in [-0.25, -0.2) is 4.98 Å². The van der Waals surface area contributed by atoms with E-state index in [1.165, 1.54) is 6.92 Å².